The van der Waals surface area contributed by atoms with Crippen LogP contribution in [-0.2, 0) is 0 Å². The van der Waals surface area contributed by atoms with Gasteiger partial charge in [-0.3, -0.25) is 0 Å². The maximum Gasteiger partial charge on any atom is 0.261 e. The van der Waals surface area contributed by atoms with Crippen molar-refractivity contribution < 1.29 is 22.4 Å². The molecule has 4 nitrogen and oxygen atoms in total. The molecule has 0 unspecified atom stereocenters. The fourth-order valence-corrected chi connectivity index (χ4v) is 2.40. The molecule has 0 saturated heterocycles. The molecule has 0 bridgehead atoms. The van der Waals surface area contributed by atoms with E-state index in [0.29, 0.717) is 5.39 Å². The SMILES string of the molecule is Fc1ccccc1-c1noc2nc(Oc3c(F)cccc3F)ccc12. The molecule has 2 aromatic heterocycles. The van der Waals surface area contributed by atoms with Crippen LogP contribution in [0.25, 0.3) is 22.4 Å². The third-order valence-electron chi connectivity index (χ3n) is 3.57. The number of para-hydroxylation sites is 1. The van der Waals surface area contributed by atoms with Gasteiger partial charge in [0.25, 0.3) is 5.71 Å². The smallest absolute Gasteiger partial charge is 0.261 e. The molecule has 25 heavy (non-hydrogen) atoms. The normalized spacial score (nSPS) is 11.0. The molecule has 7 heteroatoms. The van der Waals surface area contributed by atoms with Crippen molar-refractivity contribution in [2.24, 2.45) is 0 Å². The maximum atomic E-state index is 13.9. The number of benzene rings is 2. The number of rotatable bonds is 3. The predicted molar refractivity (Wildman–Crippen MR) is 83.6 cm³/mol. The van der Waals surface area contributed by atoms with E-state index in [1.807, 2.05) is 0 Å². The van der Waals surface area contributed by atoms with Gasteiger partial charge in [0, 0.05) is 11.6 Å². The molecule has 4 aromatic rings. The van der Waals surface area contributed by atoms with Crippen molar-refractivity contribution in [3.05, 3.63) is 72.0 Å². The Kier molecular flexibility index (Phi) is 3.61. The summed E-state index contributed by atoms with van der Waals surface area (Å²) in [6, 6.07) is 12.4. The Labute approximate surface area is 139 Å². The number of halogens is 3. The second kappa shape index (κ2) is 5.94. The lowest BCUT2D eigenvalue weighted by Crippen LogP contribution is -1.94. The third kappa shape index (κ3) is 2.69. The minimum absolute atomic E-state index is 0.0625. The van der Waals surface area contributed by atoms with Gasteiger partial charge in [-0.05, 0) is 30.3 Å². The lowest BCUT2D eigenvalue weighted by atomic mass is 10.1. The van der Waals surface area contributed by atoms with Crippen LogP contribution in [0, 0.1) is 17.5 Å². The van der Waals surface area contributed by atoms with Crippen LogP contribution < -0.4 is 4.74 Å². The second-order valence-corrected chi connectivity index (χ2v) is 5.17. The molecule has 0 aliphatic heterocycles. The zero-order chi connectivity index (χ0) is 17.4. The number of fused-ring (bicyclic) bond motifs is 1. The Balaban J connectivity index is 1.74. The monoisotopic (exact) mass is 342 g/mol. The van der Waals surface area contributed by atoms with E-state index in [2.05, 4.69) is 10.1 Å². The van der Waals surface area contributed by atoms with Gasteiger partial charge in [0.15, 0.2) is 11.6 Å². The van der Waals surface area contributed by atoms with Crippen molar-refractivity contribution in [2.75, 3.05) is 0 Å². The summed E-state index contributed by atoms with van der Waals surface area (Å²) in [5.74, 6) is -2.81. The lowest BCUT2D eigenvalue weighted by Gasteiger charge is -2.06. The third-order valence-corrected chi connectivity index (χ3v) is 3.57. The Morgan fingerprint density at radius 3 is 2.28 bits per heavy atom. The first-order valence-corrected chi connectivity index (χ1v) is 7.26. The summed E-state index contributed by atoms with van der Waals surface area (Å²) in [5.41, 5.74) is 0.605. The molecule has 2 heterocycles. The molecule has 124 valence electrons. The molecule has 0 radical (unpaired) electrons. The number of hydrogen-bond donors (Lipinski definition) is 0. The van der Waals surface area contributed by atoms with Crippen LogP contribution >= 0.6 is 0 Å². The molecule has 0 aliphatic carbocycles. The highest BCUT2D eigenvalue weighted by Crippen LogP contribution is 2.32. The average molecular weight is 342 g/mol. The fourth-order valence-electron chi connectivity index (χ4n) is 2.40. The first kappa shape index (κ1) is 15.2. The number of pyridine rings is 1. The molecule has 2 aromatic carbocycles. The molecule has 0 aliphatic rings. The first-order valence-electron chi connectivity index (χ1n) is 7.26. The van der Waals surface area contributed by atoms with Crippen molar-refractivity contribution >= 4 is 11.1 Å². The van der Waals surface area contributed by atoms with E-state index in [1.54, 1.807) is 18.2 Å². The van der Waals surface area contributed by atoms with E-state index in [1.165, 1.54) is 24.3 Å². The summed E-state index contributed by atoms with van der Waals surface area (Å²) >= 11 is 0. The molecule has 0 spiro atoms. The second-order valence-electron chi connectivity index (χ2n) is 5.17. The Morgan fingerprint density at radius 2 is 1.52 bits per heavy atom. The van der Waals surface area contributed by atoms with Crippen LogP contribution in [0.15, 0.2) is 59.1 Å². The number of hydrogen-bond acceptors (Lipinski definition) is 4. The van der Waals surface area contributed by atoms with E-state index >= 15 is 0 Å². The van der Waals surface area contributed by atoms with Crippen molar-refractivity contribution in [1.82, 2.24) is 10.1 Å². The van der Waals surface area contributed by atoms with E-state index in [9.17, 15) is 13.2 Å². The van der Waals surface area contributed by atoms with Gasteiger partial charge in [-0.15, -0.1) is 0 Å². The van der Waals surface area contributed by atoms with Crippen LogP contribution in [0.1, 0.15) is 0 Å². The molecule has 0 amide bonds. The van der Waals surface area contributed by atoms with Gasteiger partial charge >= 0.3 is 0 Å². The van der Waals surface area contributed by atoms with Gasteiger partial charge in [0.1, 0.15) is 11.5 Å². The van der Waals surface area contributed by atoms with Gasteiger partial charge in [-0.25, -0.2) is 13.2 Å². The molecular weight excluding hydrogens is 333 g/mol. The first-order chi connectivity index (χ1) is 12.1. The zero-order valence-electron chi connectivity index (χ0n) is 12.5. The predicted octanol–water partition coefficient (Wildman–Crippen LogP) is 5.10. The molecule has 0 N–H and O–H groups in total. The number of nitrogens with zero attached hydrogens (tertiary/aromatic N) is 2. The van der Waals surface area contributed by atoms with Crippen molar-refractivity contribution in [3.63, 3.8) is 0 Å². The average Bonchev–Trinajstić information content (AvgIpc) is 3.02. The topological polar surface area (TPSA) is 48.2 Å². The summed E-state index contributed by atoms with van der Waals surface area (Å²) in [7, 11) is 0. The molecule has 0 atom stereocenters. The van der Waals surface area contributed by atoms with Crippen LogP contribution in [0.5, 0.6) is 11.6 Å². The minimum Gasteiger partial charge on any atom is -0.433 e. The van der Waals surface area contributed by atoms with Crippen LogP contribution in [0.3, 0.4) is 0 Å². The lowest BCUT2D eigenvalue weighted by molar-refractivity contribution is 0.391. The maximum absolute atomic E-state index is 13.9. The van der Waals surface area contributed by atoms with Gasteiger partial charge in [-0.1, -0.05) is 23.4 Å². The van der Waals surface area contributed by atoms with E-state index in [0.717, 1.165) is 12.1 Å². The highest BCUT2D eigenvalue weighted by molar-refractivity contribution is 5.89. The van der Waals surface area contributed by atoms with Crippen LogP contribution in [-0.4, -0.2) is 10.1 Å². The summed E-state index contributed by atoms with van der Waals surface area (Å²) in [6.07, 6.45) is 0. The minimum atomic E-state index is -0.855. The highest BCUT2D eigenvalue weighted by Gasteiger charge is 2.17. The van der Waals surface area contributed by atoms with Crippen molar-refractivity contribution in [1.29, 1.82) is 0 Å². The number of aromatic nitrogens is 2. The molecule has 4 rings (SSSR count). The summed E-state index contributed by atoms with van der Waals surface area (Å²) in [5, 5.41) is 4.28. The molecule has 0 fully saturated rings. The Hall–Kier alpha value is -3.35. The van der Waals surface area contributed by atoms with E-state index < -0.39 is 23.2 Å². The fraction of sp³-hybridized carbons (Fsp3) is 0. The van der Waals surface area contributed by atoms with Crippen LogP contribution in [0.4, 0.5) is 13.2 Å². The highest BCUT2D eigenvalue weighted by atomic mass is 19.1. The van der Waals surface area contributed by atoms with Crippen molar-refractivity contribution in [2.45, 2.75) is 0 Å². The van der Waals surface area contributed by atoms with Crippen molar-refractivity contribution in [3.8, 4) is 22.9 Å². The van der Waals surface area contributed by atoms with Gasteiger partial charge in [-0.2, -0.15) is 4.98 Å². The largest absolute Gasteiger partial charge is 0.433 e. The van der Waals surface area contributed by atoms with Crippen LogP contribution in [0.2, 0.25) is 0 Å². The van der Waals surface area contributed by atoms with E-state index in [-0.39, 0.29) is 22.9 Å². The Morgan fingerprint density at radius 1 is 0.800 bits per heavy atom. The Bertz CT molecular complexity index is 1060. The summed E-state index contributed by atoms with van der Waals surface area (Å²) in [6.45, 7) is 0. The van der Waals surface area contributed by atoms with Gasteiger partial charge in [0.05, 0.1) is 5.39 Å². The van der Waals surface area contributed by atoms with Gasteiger partial charge in [0.2, 0.25) is 11.6 Å². The standard InChI is InChI=1S/C18H9F3N2O2/c19-12-5-2-1-4-10(12)16-11-8-9-15(22-18(11)25-23-16)24-17-13(20)6-3-7-14(17)21/h1-9H. The quantitative estimate of drug-likeness (QED) is 0.520. The number of ether oxygens (including phenoxy) is 1. The van der Waals surface area contributed by atoms with E-state index in [4.69, 9.17) is 9.26 Å². The van der Waals surface area contributed by atoms with Gasteiger partial charge < -0.3 is 9.26 Å². The molecular formula is C18H9F3N2O2. The summed E-state index contributed by atoms with van der Waals surface area (Å²) in [4.78, 5) is 4.02. The zero-order valence-corrected chi connectivity index (χ0v) is 12.5. The molecule has 0 saturated carbocycles. The summed E-state index contributed by atoms with van der Waals surface area (Å²) < 4.78 is 51.5.